The van der Waals surface area contributed by atoms with E-state index in [9.17, 15) is 4.79 Å². The van der Waals surface area contributed by atoms with Gasteiger partial charge in [0.2, 0.25) is 0 Å². The van der Waals surface area contributed by atoms with Crippen molar-refractivity contribution in [2.75, 3.05) is 19.1 Å². The highest BCUT2D eigenvalue weighted by atomic mass is 35.5. The van der Waals surface area contributed by atoms with E-state index in [0.29, 0.717) is 17.9 Å². The van der Waals surface area contributed by atoms with Gasteiger partial charge in [0, 0.05) is 13.6 Å². The molecule has 1 heterocycles. The molecule has 128 valence electrons. The van der Waals surface area contributed by atoms with Gasteiger partial charge < -0.3 is 9.64 Å². The maximum Gasteiger partial charge on any atom is 0.292 e. The summed E-state index contributed by atoms with van der Waals surface area (Å²) in [6.07, 6.45) is 1.61. The maximum atomic E-state index is 12.6. The Morgan fingerprint density at radius 3 is 2.64 bits per heavy atom. The molecule has 0 unspecified atom stereocenters. The minimum absolute atomic E-state index is 0.143. The van der Waals surface area contributed by atoms with Crippen molar-refractivity contribution in [1.82, 2.24) is 9.78 Å². The van der Waals surface area contributed by atoms with Crippen molar-refractivity contribution in [2.45, 2.75) is 6.54 Å². The zero-order valence-corrected chi connectivity index (χ0v) is 14.8. The van der Waals surface area contributed by atoms with Crippen LogP contribution in [-0.2, 0) is 6.54 Å². The van der Waals surface area contributed by atoms with Gasteiger partial charge in [-0.25, -0.2) is 0 Å². The highest BCUT2D eigenvalue weighted by Crippen LogP contribution is 2.23. The Bertz CT molecular complexity index is 925. The Kier molecular flexibility index (Phi) is 5.05. The summed E-state index contributed by atoms with van der Waals surface area (Å²) in [5.74, 6) is 0.787. The summed E-state index contributed by atoms with van der Waals surface area (Å²) in [6, 6.07) is 16.9. The molecule has 0 saturated carbocycles. The quantitative estimate of drug-likeness (QED) is 0.702. The smallest absolute Gasteiger partial charge is 0.292 e. The van der Waals surface area contributed by atoms with Gasteiger partial charge in [-0.15, -0.1) is 0 Å². The summed E-state index contributed by atoms with van der Waals surface area (Å²) in [7, 11) is 3.50. The second kappa shape index (κ2) is 7.40. The second-order valence-electron chi connectivity index (χ2n) is 5.60. The summed E-state index contributed by atoms with van der Waals surface area (Å²) < 4.78 is 6.54. The number of methoxy groups -OCH3 is 1. The number of para-hydroxylation sites is 1. The second-order valence-corrected chi connectivity index (χ2v) is 5.98. The first kappa shape index (κ1) is 17.0. The number of anilines is 1. The fourth-order valence-corrected chi connectivity index (χ4v) is 2.85. The molecular formula is C19H18ClN3O2. The third-order valence-electron chi connectivity index (χ3n) is 3.87. The van der Waals surface area contributed by atoms with E-state index >= 15 is 0 Å². The van der Waals surface area contributed by atoms with E-state index in [0.717, 1.165) is 11.3 Å². The first-order valence-corrected chi connectivity index (χ1v) is 8.15. The molecule has 3 aromatic rings. The van der Waals surface area contributed by atoms with E-state index in [2.05, 4.69) is 5.10 Å². The lowest BCUT2D eigenvalue weighted by Gasteiger charge is -2.20. The van der Waals surface area contributed by atoms with Crippen LogP contribution in [0.5, 0.6) is 5.75 Å². The summed E-state index contributed by atoms with van der Waals surface area (Å²) in [5.41, 5.74) is 1.96. The highest BCUT2D eigenvalue weighted by Gasteiger charge is 2.14. The predicted octanol–water partition coefficient (Wildman–Crippen LogP) is 3.53. The van der Waals surface area contributed by atoms with Gasteiger partial charge in [-0.05, 0) is 29.8 Å². The normalized spacial score (nSPS) is 10.5. The van der Waals surface area contributed by atoms with Crippen molar-refractivity contribution in [3.8, 4) is 11.4 Å². The molecule has 0 fully saturated rings. The van der Waals surface area contributed by atoms with Crippen LogP contribution in [0.15, 0.2) is 65.6 Å². The third-order valence-corrected chi connectivity index (χ3v) is 4.22. The third kappa shape index (κ3) is 3.67. The van der Waals surface area contributed by atoms with Crippen molar-refractivity contribution in [3.05, 3.63) is 81.7 Å². The van der Waals surface area contributed by atoms with Crippen LogP contribution in [0.1, 0.15) is 5.56 Å². The fraction of sp³-hybridized carbons (Fsp3) is 0.158. The molecule has 6 heteroatoms. The Labute approximate surface area is 151 Å². The number of aromatic nitrogens is 2. The van der Waals surface area contributed by atoms with Crippen LogP contribution in [0.4, 0.5) is 5.69 Å². The van der Waals surface area contributed by atoms with E-state index in [1.165, 1.54) is 4.68 Å². The lowest BCUT2D eigenvalue weighted by atomic mass is 10.2. The molecule has 5 nitrogen and oxygen atoms in total. The molecule has 0 bridgehead atoms. The maximum absolute atomic E-state index is 12.6. The van der Waals surface area contributed by atoms with Crippen molar-refractivity contribution >= 4 is 17.3 Å². The van der Waals surface area contributed by atoms with Gasteiger partial charge in [-0.3, -0.25) is 4.79 Å². The number of halogens is 1. The van der Waals surface area contributed by atoms with Gasteiger partial charge in [0.1, 0.15) is 10.8 Å². The number of rotatable bonds is 5. The fourth-order valence-electron chi connectivity index (χ4n) is 2.57. The van der Waals surface area contributed by atoms with E-state index in [4.69, 9.17) is 16.3 Å². The van der Waals surface area contributed by atoms with Crippen LogP contribution < -0.4 is 15.2 Å². The standard InChI is InChI=1S/C19H18ClN3O2/c1-22(13-14-7-6-10-16(11-14)25-2)17-12-21-23(19(24)18(17)20)15-8-4-3-5-9-15/h3-12H,13H2,1-2H3. The molecule has 0 spiro atoms. The van der Waals surface area contributed by atoms with Crippen molar-refractivity contribution in [3.63, 3.8) is 0 Å². The molecule has 0 radical (unpaired) electrons. The molecule has 0 atom stereocenters. The molecule has 0 aliphatic rings. The Balaban J connectivity index is 1.90. The van der Waals surface area contributed by atoms with E-state index < -0.39 is 0 Å². The van der Waals surface area contributed by atoms with Crippen LogP contribution in [0.25, 0.3) is 5.69 Å². The molecule has 25 heavy (non-hydrogen) atoms. The summed E-state index contributed by atoms with van der Waals surface area (Å²) in [4.78, 5) is 14.5. The molecular weight excluding hydrogens is 338 g/mol. The lowest BCUT2D eigenvalue weighted by molar-refractivity contribution is 0.414. The topological polar surface area (TPSA) is 47.4 Å². The van der Waals surface area contributed by atoms with Crippen LogP contribution in [0, 0.1) is 0 Å². The molecule has 1 aromatic heterocycles. The molecule has 0 aliphatic heterocycles. The molecule has 0 N–H and O–H groups in total. The highest BCUT2D eigenvalue weighted by molar-refractivity contribution is 6.33. The Morgan fingerprint density at radius 2 is 1.92 bits per heavy atom. The molecule has 2 aromatic carbocycles. The monoisotopic (exact) mass is 355 g/mol. The summed E-state index contributed by atoms with van der Waals surface area (Å²) in [6.45, 7) is 0.577. The zero-order chi connectivity index (χ0) is 17.8. The van der Waals surface area contributed by atoms with Gasteiger partial charge in [0.15, 0.2) is 0 Å². The number of benzene rings is 2. The first-order chi connectivity index (χ1) is 12.1. The minimum atomic E-state index is -0.345. The van der Waals surface area contributed by atoms with E-state index in [1.54, 1.807) is 13.3 Å². The van der Waals surface area contributed by atoms with Crippen LogP contribution in [-0.4, -0.2) is 23.9 Å². The van der Waals surface area contributed by atoms with Crippen LogP contribution in [0.2, 0.25) is 5.02 Å². The molecule has 0 amide bonds. The van der Waals surface area contributed by atoms with Crippen molar-refractivity contribution < 1.29 is 4.74 Å². The zero-order valence-electron chi connectivity index (χ0n) is 14.0. The average Bonchev–Trinajstić information content (AvgIpc) is 2.64. The number of hydrogen-bond acceptors (Lipinski definition) is 4. The largest absolute Gasteiger partial charge is 0.497 e. The van der Waals surface area contributed by atoms with Crippen LogP contribution in [0.3, 0.4) is 0 Å². The molecule has 3 rings (SSSR count). The molecule has 0 aliphatic carbocycles. The lowest BCUT2D eigenvalue weighted by Crippen LogP contribution is -2.26. The van der Waals surface area contributed by atoms with Gasteiger partial charge >= 0.3 is 0 Å². The van der Waals surface area contributed by atoms with Crippen molar-refractivity contribution in [2.24, 2.45) is 0 Å². The van der Waals surface area contributed by atoms with E-state index in [-0.39, 0.29) is 10.6 Å². The summed E-state index contributed by atoms with van der Waals surface area (Å²) >= 11 is 6.33. The van der Waals surface area contributed by atoms with Crippen LogP contribution >= 0.6 is 11.6 Å². The predicted molar refractivity (Wildman–Crippen MR) is 99.9 cm³/mol. The summed E-state index contributed by atoms with van der Waals surface area (Å²) in [5, 5.41) is 4.40. The number of ether oxygens (including phenoxy) is 1. The number of nitrogens with zero attached hydrogens (tertiary/aromatic N) is 3. The molecule has 0 saturated heterocycles. The van der Waals surface area contributed by atoms with Gasteiger partial charge in [0.05, 0.1) is 24.7 Å². The SMILES string of the molecule is COc1cccc(CN(C)c2cnn(-c3ccccc3)c(=O)c2Cl)c1. The van der Waals surface area contributed by atoms with Gasteiger partial charge in [-0.1, -0.05) is 41.9 Å². The average molecular weight is 356 g/mol. The Hall–Kier alpha value is -2.79. The minimum Gasteiger partial charge on any atom is -0.497 e. The van der Waals surface area contributed by atoms with E-state index in [1.807, 2.05) is 66.5 Å². The van der Waals surface area contributed by atoms with Gasteiger partial charge in [-0.2, -0.15) is 9.78 Å². The number of hydrogen-bond donors (Lipinski definition) is 0. The van der Waals surface area contributed by atoms with Gasteiger partial charge in [0.25, 0.3) is 5.56 Å². The van der Waals surface area contributed by atoms with Crippen molar-refractivity contribution in [1.29, 1.82) is 0 Å². The first-order valence-electron chi connectivity index (χ1n) is 7.77. The Morgan fingerprint density at radius 1 is 1.16 bits per heavy atom.